The minimum absolute atomic E-state index is 0.176. The molecule has 3 N–H and O–H groups in total. The molecule has 8 heteroatoms. The first kappa shape index (κ1) is 16.3. The van der Waals surface area contributed by atoms with E-state index in [1.54, 1.807) is 32.2 Å². The molecule has 1 aromatic carbocycles. The van der Waals surface area contributed by atoms with Crippen LogP contribution in [0.2, 0.25) is 0 Å². The maximum absolute atomic E-state index is 12.4. The van der Waals surface area contributed by atoms with Crippen LogP contribution in [0.25, 0.3) is 0 Å². The summed E-state index contributed by atoms with van der Waals surface area (Å²) in [5, 5.41) is 6.60. The summed E-state index contributed by atoms with van der Waals surface area (Å²) in [5.41, 5.74) is 6.56. The maximum Gasteiger partial charge on any atom is 0.343 e. The second-order valence-corrected chi connectivity index (χ2v) is 4.66. The quantitative estimate of drug-likeness (QED) is 0.638. The average Bonchev–Trinajstić information content (AvgIpc) is 2.88. The first-order valence-electron chi connectivity index (χ1n) is 6.91. The fourth-order valence-corrected chi connectivity index (χ4v) is 1.99. The number of methoxy groups -OCH3 is 1. The van der Waals surface area contributed by atoms with Crippen LogP contribution < -0.4 is 15.8 Å². The minimum Gasteiger partial charge on any atom is -0.497 e. The molecule has 0 saturated carbocycles. The summed E-state index contributed by atoms with van der Waals surface area (Å²) in [7, 11) is 3.12. The Bertz CT molecular complexity index is 739. The number of nitrogens with one attached hydrogen (secondary N) is 1. The van der Waals surface area contributed by atoms with Gasteiger partial charge in [-0.25, -0.2) is 4.79 Å². The molecule has 0 radical (unpaired) electrons. The van der Waals surface area contributed by atoms with Gasteiger partial charge >= 0.3 is 5.97 Å². The fourth-order valence-electron chi connectivity index (χ4n) is 1.99. The van der Waals surface area contributed by atoms with E-state index >= 15 is 0 Å². The lowest BCUT2D eigenvalue weighted by atomic mass is 10.1. The van der Waals surface area contributed by atoms with Crippen molar-refractivity contribution < 1.29 is 19.1 Å². The van der Waals surface area contributed by atoms with E-state index in [1.807, 2.05) is 0 Å². The monoisotopic (exact) mass is 318 g/mol. The topological polar surface area (TPSA) is 108 Å². The number of hydrogen-bond donors (Lipinski definition) is 2. The molecule has 0 bridgehead atoms. The van der Waals surface area contributed by atoms with E-state index in [9.17, 15) is 9.59 Å². The third-order valence-electron chi connectivity index (χ3n) is 3.17. The van der Waals surface area contributed by atoms with Crippen molar-refractivity contribution in [3.8, 4) is 5.75 Å². The number of carbonyl (C=O) groups excluding carboxylic acids is 2. The van der Waals surface area contributed by atoms with E-state index in [0.29, 0.717) is 5.75 Å². The normalized spacial score (nSPS) is 10.2. The van der Waals surface area contributed by atoms with Crippen LogP contribution in [-0.4, -0.2) is 35.4 Å². The Morgan fingerprint density at radius 2 is 2.09 bits per heavy atom. The van der Waals surface area contributed by atoms with Crippen molar-refractivity contribution in [3.05, 3.63) is 35.5 Å². The van der Waals surface area contributed by atoms with Crippen LogP contribution in [0.4, 0.5) is 11.5 Å². The van der Waals surface area contributed by atoms with Gasteiger partial charge in [-0.3, -0.25) is 9.48 Å². The Hall–Kier alpha value is -3.03. The molecule has 0 spiro atoms. The number of aromatic nitrogens is 2. The van der Waals surface area contributed by atoms with Crippen LogP contribution in [0.5, 0.6) is 5.75 Å². The fraction of sp³-hybridized carbons (Fsp3) is 0.267. The zero-order valence-corrected chi connectivity index (χ0v) is 13.1. The number of amides is 1. The number of aryl methyl sites for hydroxylation is 1. The number of anilines is 2. The SMILES string of the molecule is CCOC(=O)c1cnn(C)c1NC(=O)c1ccc(OC)cc1N. The highest BCUT2D eigenvalue weighted by Crippen LogP contribution is 2.22. The predicted molar refractivity (Wildman–Crippen MR) is 84.5 cm³/mol. The Morgan fingerprint density at radius 1 is 1.35 bits per heavy atom. The second kappa shape index (κ2) is 6.82. The van der Waals surface area contributed by atoms with Gasteiger partial charge in [-0.15, -0.1) is 0 Å². The van der Waals surface area contributed by atoms with E-state index < -0.39 is 11.9 Å². The third kappa shape index (κ3) is 3.42. The van der Waals surface area contributed by atoms with E-state index in [0.717, 1.165) is 0 Å². The van der Waals surface area contributed by atoms with E-state index in [-0.39, 0.29) is 29.2 Å². The largest absolute Gasteiger partial charge is 0.497 e. The van der Waals surface area contributed by atoms with Crippen molar-refractivity contribution in [1.82, 2.24) is 9.78 Å². The molecule has 0 unspecified atom stereocenters. The molecule has 0 aliphatic heterocycles. The molecule has 0 aliphatic rings. The molecule has 1 aromatic heterocycles. The number of rotatable bonds is 5. The zero-order valence-electron chi connectivity index (χ0n) is 13.1. The van der Waals surface area contributed by atoms with Gasteiger partial charge in [0, 0.05) is 18.8 Å². The third-order valence-corrected chi connectivity index (χ3v) is 3.17. The molecule has 0 fully saturated rings. The smallest absolute Gasteiger partial charge is 0.343 e. The van der Waals surface area contributed by atoms with Crippen molar-refractivity contribution in [2.45, 2.75) is 6.92 Å². The van der Waals surface area contributed by atoms with Crippen molar-refractivity contribution in [1.29, 1.82) is 0 Å². The Balaban J connectivity index is 2.27. The number of esters is 1. The lowest BCUT2D eigenvalue weighted by molar-refractivity contribution is 0.0527. The molecule has 8 nitrogen and oxygen atoms in total. The zero-order chi connectivity index (χ0) is 17.0. The highest BCUT2D eigenvalue weighted by Gasteiger charge is 2.20. The summed E-state index contributed by atoms with van der Waals surface area (Å²) >= 11 is 0. The molecular formula is C15H18N4O4. The standard InChI is InChI=1S/C15H18N4O4/c1-4-23-15(21)11-8-17-19(2)13(11)18-14(20)10-6-5-9(22-3)7-12(10)16/h5-8H,4,16H2,1-3H3,(H,18,20). The summed E-state index contributed by atoms with van der Waals surface area (Å²) in [6.07, 6.45) is 1.34. The van der Waals surface area contributed by atoms with Crippen molar-refractivity contribution >= 4 is 23.4 Å². The summed E-state index contributed by atoms with van der Waals surface area (Å²) in [5.74, 6) is -0.228. The number of nitrogen functional groups attached to an aromatic ring is 1. The number of ether oxygens (including phenoxy) is 2. The second-order valence-electron chi connectivity index (χ2n) is 4.66. The number of hydrogen-bond acceptors (Lipinski definition) is 6. The Kier molecular flexibility index (Phi) is 4.85. The lowest BCUT2D eigenvalue weighted by Gasteiger charge is -2.10. The highest BCUT2D eigenvalue weighted by molar-refractivity contribution is 6.09. The van der Waals surface area contributed by atoms with Gasteiger partial charge in [0.15, 0.2) is 0 Å². The number of nitrogens with zero attached hydrogens (tertiary/aromatic N) is 2. The lowest BCUT2D eigenvalue weighted by Crippen LogP contribution is -2.18. The van der Waals surface area contributed by atoms with Crippen LogP contribution in [0, 0.1) is 0 Å². The Labute approximate surface area is 133 Å². The van der Waals surface area contributed by atoms with Crippen molar-refractivity contribution in [2.75, 3.05) is 24.8 Å². The molecule has 23 heavy (non-hydrogen) atoms. The number of nitrogens with two attached hydrogens (primary N) is 1. The van der Waals surface area contributed by atoms with Crippen LogP contribution >= 0.6 is 0 Å². The van der Waals surface area contributed by atoms with Gasteiger partial charge in [-0.2, -0.15) is 5.10 Å². The maximum atomic E-state index is 12.4. The van der Waals surface area contributed by atoms with Crippen LogP contribution in [0.3, 0.4) is 0 Å². The van der Waals surface area contributed by atoms with Gasteiger partial charge < -0.3 is 20.5 Å². The van der Waals surface area contributed by atoms with Crippen molar-refractivity contribution in [3.63, 3.8) is 0 Å². The molecule has 2 aromatic rings. The molecule has 2 rings (SSSR count). The van der Waals surface area contributed by atoms with Crippen LogP contribution in [0.1, 0.15) is 27.6 Å². The van der Waals surface area contributed by atoms with E-state index in [1.165, 1.54) is 18.0 Å². The average molecular weight is 318 g/mol. The summed E-state index contributed by atoms with van der Waals surface area (Å²) in [6, 6.07) is 4.72. The highest BCUT2D eigenvalue weighted by atomic mass is 16.5. The predicted octanol–water partition coefficient (Wildman–Crippen LogP) is 1.44. The van der Waals surface area contributed by atoms with E-state index in [2.05, 4.69) is 10.4 Å². The molecule has 0 atom stereocenters. The molecule has 0 saturated heterocycles. The summed E-state index contributed by atoms with van der Waals surface area (Å²) < 4.78 is 11.4. The van der Waals surface area contributed by atoms with Gasteiger partial charge in [-0.05, 0) is 19.1 Å². The molecule has 0 aliphatic carbocycles. The summed E-state index contributed by atoms with van der Waals surface area (Å²) in [6.45, 7) is 1.93. The number of carbonyl (C=O) groups is 2. The first-order chi connectivity index (χ1) is 11.0. The van der Waals surface area contributed by atoms with Gasteiger partial charge in [0.25, 0.3) is 5.91 Å². The van der Waals surface area contributed by atoms with Gasteiger partial charge in [0.2, 0.25) is 0 Å². The van der Waals surface area contributed by atoms with Crippen LogP contribution in [-0.2, 0) is 11.8 Å². The molecule has 1 heterocycles. The minimum atomic E-state index is -0.557. The molecule has 122 valence electrons. The first-order valence-corrected chi connectivity index (χ1v) is 6.91. The van der Waals surface area contributed by atoms with Crippen LogP contribution in [0.15, 0.2) is 24.4 Å². The number of benzene rings is 1. The van der Waals surface area contributed by atoms with E-state index in [4.69, 9.17) is 15.2 Å². The van der Waals surface area contributed by atoms with Crippen molar-refractivity contribution in [2.24, 2.45) is 7.05 Å². The summed E-state index contributed by atoms with van der Waals surface area (Å²) in [4.78, 5) is 24.3. The van der Waals surface area contributed by atoms with Gasteiger partial charge in [0.1, 0.15) is 17.1 Å². The Morgan fingerprint density at radius 3 is 2.70 bits per heavy atom. The molecule has 1 amide bonds. The van der Waals surface area contributed by atoms with Gasteiger partial charge in [0.05, 0.1) is 25.5 Å². The van der Waals surface area contributed by atoms with Gasteiger partial charge in [-0.1, -0.05) is 0 Å². The molecular weight excluding hydrogens is 300 g/mol.